The third kappa shape index (κ3) is 11.8. The molecule has 0 atom stereocenters. The van der Waals surface area contributed by atoms with Gasteiger partial charge >= 0.3 is 0 Å². The molecule has 6 rings (SSSR count). The number of aryl methyl sites for hydroxylation is 2. The Kier molecular flexibility index (Phi) is 14.9. The zero-order chi connectivity index (χ0) is 33.6. The van der Waals surface area contributed by atoms with Crippen LogP contribution in [0.2, 0.25) is 0 Å². The molecule has 0 aromatic heterocycles. The molecule has 0 heteroatoms. The van der Waals surface area contributed by atoms with Gasteiger partial charge in [-0.2, -0.15) is 0 Å². The first-order valence-corrected chi connectivity index (χ1v) is 20.2. The number of hydrogen-bond donors (Lipinski definition) is 0. The first-order chi connectivity index (χ1) is 23.5. The third-order valence-electron chi connectivity index (χ3n) is 12.7. The molecule has 0 bridgehead atoms. The summed E-state index contributed by atoms with van der Waals surface area (Å²) in [4.78, 5) is 0. The second-order valence-corrected chi connectivity index (χ2v) is 16.4. The fraction of sp³-hybridized carbons (Fsp3) is 0.583. The summed E-state index contributed by atoms with van der Waals surface area (Å²) in [6.07, 6.45) is 39.1. The molecule has 48 heavy (non-hydrogen) atoms. The summed E-state index contributed by atoms with van der Waals surface area (Å²) in [6.45, 7) is 12.1. The molecule has 2 aromatic carbocycles. The molecule has 0 nitrogen and oxygen atoms in total. The Balaban J connectivity index is 0.000000188. The Hall–Kier alpha value is -2.60. The van der Waals surface area contributed by atoms with E-state index in [4.69, 9.17) is 0 Å². The van der Waals surface area contributed by atoms with Crippen molar-refractivity contribution < 1.29 is 0 Å². The van der Waals surface area contributed by atoms with Crippen LogP contribution in [0.3, 0.4) is 0 Å². The van der Waals surface area contributed by atoms with Crippen LogP contribution in [0.1, 0.15) is 150 Å². The molecule has 0 N–H and O–H groups in total. The maximum Gasteiger partial charge on any atom is -0.0162 e. The second kappa shape index (κ2) is 19.6. The van der Waals surface area contributed by atoms with Crippen molar-refractivity contribution in [3.8, 4) is 0 Å². The number of allylic oxidation sites excluding steroid dienone is 6. The van der Waals surface area contributed by atoms with E-state index in [1.54, 1.807) is 11.1 Å². The fourth-order valence-electron chi connectivity index (χ4n) is 9.30. The Labute approximate surface area is 296 Å². The molecule has 260 valence electrons. The van der Waals surface area contributed by atoms with Crippen LogP contribution in [0.25, 0.3) is 0 Å². The van der Waals surface area contributed by atoms with Crippen LogP contribution in [0.5, 0.6) is 0 Å². The minimum absolute atomic E-state index is 0.796. The fourth-order valence-corrected chi connectivity index (χ4v) is 9.30. The summed E-state index contributed by atoms with van der Waals surface area (Å²) in [5.41, 5.74) is 5.86. The summed E-state index contributed by atoms with van der Waals surface area (Å²) >= 11 is 0. The van der Waals surface area contributed by atoms with Crippen molar-refractivity contribution in [3.05, 3.63) is 120 Å². The largest absolute Gasteiger partial charge is 0.103 e. The van der Waals surface area contributed by atoms with Gasteiger partial charge < -0.3 is 0 Å². The summed E-state index contributed by atoms with van der Waals surface area (Å²) in [7, 11) is 0. The third-order valence-corrected chi connectivity index (χ3v) is 12.7. The van der Waals surface area contributed by atoms with Crippen LogP contribution in [-0.4, -0.2) is 0 Å². The van der Waals surface area contributed by atoms with Crippen LogP contribution < -0.4 is 0 Å². The Morgan fingerprint density at radius 1 is 0.417 bits per heavy atom. The molecule has 0 radical (unpaired) electrons. The van der Waals surface area contributed by atoms with Crippen LogP contribution in [0.4, 0.5) is 0 Å². The van der Waals surface area contributed by atoms with E-state index < -0.39 is 0 Å². The number of hydrogen-bond acceptors (Lipinski definition) is 0. The lowest BCUT2D eigenvalue weighted by atomic mass is 9.77. The van der Waals surface area contributed by atoms with Crippen molar-refractivity contribution in [2.45, 2.75) is 141 Å². The van der Waals surface area contributed by atoms with E-state index in [2.05, 4.69) is 112 Å². The monoisotopic (exact) mass is 645 g/mol. The van der Waals surface area contributed by atoms with Gasteiger partial charge in [-0.05, 0) is 188 Å². The molecular formula is C48H68. The van der Waals surface area contributed by atoms with Crippen LogP contribution in [-0.2, 0) is 0 Å². The maximum absolute atomic E-state index is 3.89. The quantitative estimate of drug-likeness (QED) is 0.226. The van der Waals surface area contributed by atoms with Gasteiger partial charge in [0.15, 0.2) is 0 Å². The Bertz CT molecular complexity index is 1140. The molecule has 0 spiro atoms. The highest BCUT2D eigenvalue weighted by molar-refractivity contribution is 5.26. The SMILES string of the molecule is C=CCC1CCC(/C=C/C2CCC(c3ccc(C)cc3)CC2)CC1.C=CCC1CCC(/C=C/C2CCC(c3ccc(C)cc3)CC2)CC1. The predicted octanol–water partition coefficient (Wildman–Crippen LogP) is 14.4. The molecule has 4 aliphatic carbocycles. The molecule has 4 aliphatic rings. The highest BCUT2D eigenvalue weighted by Crippen LogP contribution is 2.39. The van der Waals surface area contributed by atoms with Gasteiger partial charge in [0.05, 0.1) is 0 Å². The van der Waals surface area contributed by atoms with Crippen LogP contribution >= 0.6 is 0 Å². The van der Waals surface area contributed by atoms with E-state index in [1.807, 2.05) is 0 Å². The average molecular weight is 645 g/mol. The lowest BCUT2D eigenvalue weighted by Crippen LogP contribution is -2.14. The van der Waals surface area contributed by atoms with Crippen molar-refractivity contribution in [2.75, 3.05) is 0 Å². The van der Waals surface area contributed by atoms with Gasteiger partial charge in [0.25, 0.3) is 0 Å². The average Bonchev–Trinajstić information content (AvgIpc) is 3.13. The molecular weight excluding hydrogens is 577 g/mol. The van der Waals surface area contributed by atoms with Gasteiger partial charge in [0.2, 0.25) is 0 Å². The summed E-state index contributed by atoms with van der Waals surface area (Å²) in [5.74, 6) is 6.78. The first kappa shape index (κ1) is 36.7. The first-order valence-electron chi connectivity index (χ1n) is 20.2. The van der Waals surface area contributed by atoms with Gasteiger partial charge in [0, 0.05) is 0 Å². The Morgan fingerprint density at radius 2 is 0.688 bits per heavy atom. The van der Waals surface area contributed by atoms with E-state index in [0.717, 1.165) is 47.3 Å². The van der Waals surface area contributed by atoms with E-state index in [1.165, 1.54) is 127 Å². The van der Waals surface area contributed by atoms with Gasteiger partial charge in [-0.3, -0.25) is 0 Å². The lowest BCUT2D eigenvalue weighted by Gasteiger charge is -2.29. The van der Waals surface area contributed by atoms with Crippen molar-refractivity contribution >= 4 is 0 Å². The molecule has 4 fully saturated rings. The predicted molar refractivity (Wildman–Crippen MR) is 211 cm³/mol. The van der Waals surface area contributed by atoms with E-state index in [9.17, 15) is 0 Å². The molecule has 2 aromatic rings. The zero-order valence-electron chi connectivity index (χ0n) is 30.8. The molecule has 0 amide bonds. The second-order valence-electron chi connectivity index (χ2n) is 16.4. The van der Waals surface area contributed by atoms with E-state index in [-0.39, 0.29) is 0 Å². The molecule has 0 saturated heterocycles. The molecule has 4 saturated carbocycles. The minimum Gasteiger partial charge on any atom is -0.103 e. The highest BCUT2D eigenvalue weighted by atomic mass is 14.3. The van der Waals surface area contributed by atoms with Gasteiger partial charge in [-0.15, -0.1) is 13.2 Å². The van der Waals surface area contributed by atoms with Gasteiger partial charge in [-0.1, -0.05) is 96.1 Å². The minimum atomic E-state index is 0.796. The smallest absolute Gasteiger partial charge is 0.0162 e. The van der Waals surface area contributed by atoms with Crippen molar-refractivity contribution in [2.24, 2.45) is 35.5 Å². The Morgan fingerprint density at radius 3 is 0.958 bits per heavy atom. The number of benzene rings is 2. The standard InChI is InChI=1S/2C24H34/c2*1-3-4-20-7-9-21(10-8-20)11-12-22-13-17-24(18-14-22)23-15-5-19(2)6-16-23/h2*3,5-6,11-12,15-16,20-22,24H,1,4,7-10,13-14,17-18H2,2H3/b2*12-11+. The van der Waals surface area contributed by atoms with Crippen molar-refractivity contribution in [1.29, 1.82) is 0 Å². The molecule has 0 heterocycles. The van der Waals surface area contributed by atoms with Gasteiger partial charge in [0.1, 0.15) is 0 Å². The van der Waals surface area contributed by atoms with Gasteiger partial charge in [-0.25, -0.2) is 0 Å². The molecule has 0 unspecified atom stereocenters. The van der Waals surface area contributed by atoms with Crippen LogP contribution in [0.15, 0.2) is 98.1 Å². The summed E-state index contributed by atoms with van der Waals surface area (Å²) < 4.78 is 0. The summed E-state index contributed by atoms with van der Waals surface area (Å²) in [5, 5.41) is 0. The van der Waals surface area contributed by atoms with E-state index in [0.29, 0.717) is 0 Å². The topological polar surface area (TPSA) is 0 Å². The van der Waals surface area contributed by atoms with Crippen molar-refractivity contribution in [3.63, 3.8) is 0 Å². The highest BCUT2D eigenvalue weighted by Gasteiger charge is 2.24. The lowest BCUT2D eigenvalue weighted by molar-refractivity contribution is 0.310. The maximum atomic E-state index is 3.89. The van der Waals surface area contributed by atoms with Crippen molar-refractivity contribution in [1.82, 2.24) is 0 Å². The number of rotatable bonds is 10. The van der Waals surface area contributed by atoms with E-state index >= 15 is 0 Å². The summed E-state index contributed by atoms with van der Waals surface area (Å²) in [6, 6.07) is 18.5. The molecule has 0 aliphatic heterocycles. The normalized spacial score (nSPS) is 31.2. The zero-order valence-corrected chi connectivity index (χ0v) is 30.8. The van der Waals surface area contributed by atoms with Crippen LogP contribution in [0, 0.1) is 49.4 Å².